The largest absolute Gasteiger partial charge is 0.444 e. The maximum Gasteiger partial charge on any atom is 0.416 e. The van der Waals surface area contributed by atoms with Crippen LogP contribution in [0.1, 0.15) is 67.5 Å². The molecule has 0 unspecified atom stereocenters. The fourth-order valence-corrected chi connectivity index (χ4v) is 4.65. The smallest absolute Gasteiger partial charge is 0.416 e. The fraction of sp³-hybridized carbons (Fsp3) is 0.393. The molecule has 0 saturated carbocycles. The average Bonchev–Trinajstić information content (AvgIpc) is 3.18. The van der Waals surface area contributed by atoms with Crippen molar-refractivity contribution in [3.63, 3.8) is 0 Å². The second-order valence-electron chi connectivity index (χ2n) is 11.2. The molecule has 0 atom stereocenters. The van der Waals surface area contributed by atoms with E-state index in [2.05, 4.69) is 10.4 Å². The van der Waals surface area contributed by atoms with Crippen LogP contribution in [0.2, 0.25) is 0 Å². The van der Waals surface area contributed by atoms with Gasteiger partial charge in [-0.1, -0.05) is 26.0 Å². The summed E-state index contributed by atoms with van der Waals surface area (Å²) in [6, 6.07) is 10.00. The Bertz CT molecular complexity index is 1370. The summed E-state index contributed by atoms with van der Waals surface area (Å²) in [5.41, 5.74) is -0.00994. The van der Waals surface area contributed by atoms with E-state index in [1.54, 1.807) is 25.5 Å². The molecule has 1 aliphatic rings. The highest BCUT2D eigenvalue weighted by atomic mass is 19.4. The number of nitrogens with one attached hydrogen (secondary N) is 1. The van der Waals surface area contributed by atoms with Crippen LogP contribution in [0, 0.1) is 5.82 Å². The van der Waals surface area contributed by atoms with Crippen LogP contribution in [-0.4, -0.2) is 38.8 Å². The molecule has 3 aromatic rings. The molecule has 39 heavy (non-hydrogen) atoms. The van der Waals surface area contributed by atoms with Crippen LogP contribution >= 0.6 is 0 Å². The summed E-state index contributed by atoms with van der Waals surface area (Å²) < 4.78 is 59.7. The first kappa shape index (κ1) is 28.1. The van der Waals surface area contributed by atoms with Crippen molar-refractivity contribution in [2.45, 2.75) is 64.9 Å². The molecule has 2 heterocycles. The lowest BCUT2D eigenvalue weighted by Crippen LogP contribution is -2.47. The van der Waals surface area contributed by atoms with Gasteiger partial charge in [0, 0.05) is 23.2 Å². The molecule has 11 heteroatoms. The molecule has 0 spiro atoms. The van der Waals surface area contributed by atoms with Crippen molar-refractivity contribution >= 4 is 17.7 Å². The number of aromatic nitrogens is 2. The second kappa shape index (κ2) is 10.0. The summed E-state index contributed by atoms with van der Waals surface area (Å²) in [5.74, 6) is -1.02. The fourth-order valence-electron chi connectivity index (χ4n) is 4.65. The van der Waals surface area contributed by atoms with Gasteiger partial charge >= 0.3 is 12.3 Å². The predicted octanol–water partition coefficient (Wildman–Crippen LogP) is 6.37. The molecule has 2 aromatic carbocycles. The Morgan fingerprint density at radius 3 is 2.21 bits per heavy atom. The van der Waals surface area contributed by atoms with Crippen molar-refractivity contribution in [3.05, 3.63) is 82.4 Å². The van der Waals surface area contributed by atoms with Crippen LogP contribution < -0.4 is 5.32 Å². The lowest BCUT2D eigenvalue weighted by atomic mass is 9.82. The van der Waals surface area contributed by atoms with E-state index in [0.717, 1.165) is 12.1 Å². The van der Waals surface area contributed by atoms with Gasteiger partial charge in [-0.3, -0.25) is 9.48 Å². The number of nitrogens with zero attached hydrogens (tertiary/aromatic N) is 3. The third kappa shape index (κ3) is 6.40. The third-order valence-corrected chi connectivity index (χ3v) is 6.21. The lowest BCUT2D eigenvalue weighted by Gasteiger charge is -2.39. The molecule has 0 radical (unpaired) electrons. The van der Waals surface area contributed by atoms with Gasteiger partial charge in [-0.2, -0.15) is 18.3 Å². The van der Waals surface area contributed by atoms with E-state index in [-0.39, 0.29) is 25.3 Å². The highest BCUT2D eigenvalue weighted by Crippen LogP contribution is 2.37. The summed E-state index contributed by atoms with van der Waals surface area (Å²) in [6.45, 7) is 9.50. The van der Waals surface area contributed by atoms with E-state index < -0.39 is 40.6 Å². The van der Waals surface area contributed by atoms with Crippen LogP contribution in [0.15, 0.2) is 48.5 Å². The first-order valence-electron chi connectivity index (χ1n) is 12.3. The number of halogens is 4. The molecule has 7 nitrogen and oxygen atoms in total. The zero-order chi connectivity index (χ0) is 28.8. The van der Waals surface area contributed by atoms with Crippen LogP contribution in [0.3, 0.4) is 0 Å². The number of hydrogen-bond donors (Lipinski definition) is 1. The zero-order valence-corrected chi connectivity index (χ0v) is 22.3. The summed E-state index contributed by atoms with van der Waals surface area (Å²) in [4.78, 5) is 27.8. The maximum absolute atomic E-state index is 13.4. The van der Waals surface area contributed by atoms with Crippen molar-refractivity contribution in [2.24, 2.45) is 0 Å². The highest BCUT2D eigenvalue weighted by Gasteiger charge is 2.41. The molecule has 0 aliphatic carbocycles. The number of rotatable bonds is 4. The number of carbonyl (C=O) groups excluding carboxylic acids is 2. The Morgan fingerprint density at radius 2 is 1.64 bits per heavy atom. The summed E-state index contributed by atoms with van der Waals surface area (Å²) in [6.07, 6.45) is -5.00. The first-order chi connectivity index (χ1) is 18.0. The van der Waals surface area contributed by atoms with E-state index in [4.69, 9.17) is 4.74 Å². The normalized spacial score (nSPS) is 15.1. The Labute approximate surface area is 223 Å². The summed E-state index contributed by atoms with van der Waals surface area (Å²) >= 11 is 0. The Hall–Kier alpha value is -3.89. The lowest BCUT2D eigenvalue weighted by molar-refractivity contribution is -0.137. The Balaban J connectivity index is 1.73. The van der Waals surface area contributed by atoms with Crippen molar-refractivity contribution < 1.29 is 31.9 Å². The summed E-state index contributed by atoms with van der Waals surface area (Å²) in [5, 5.41) is 7.27. The van der Waals surface area contributed by atoms with E-state index in [9.17, 15) is 27.2 Å². The van der Waals surface area contributed by atoms with Gasteiger partial charge in [-0.05, 0) is 62.7 Å². The van der Waals surface area contributed by atoms with Gasteiger partial charge in [0.15, 0.2) is 5.69 Å². The van der Waals surface area contributed by atoms with Crippen molar-refractivity contribution in [1.29, 1.82) is 0 Å². The minimum atomic E-state index is -4.46. The highest BCUT2D eigenvalue weighted by molar-refractivity contribution is 6.04. The first-order valence-corrected chi connectivity index (χ1v) is 12.3. The molecule has 0 bridgehead atoms. The third-order valence-electron chi connectivity index (χ3n) is 6.21. The number of alkyl halides is 3. The molecular formula is C28H30F4N4O3. The van der Waals surface area contributed by atoms with Gasteiger partial charge < -0.3 is 15.0 Å². The maximum atomic E-state index is 13.4. The van der Waals surface area contributed by atoms with E-state index >= 15 is 0 Å². The van der Waals surface area contributed by atoms with Gasteiger partial charge in [-0.15, -0.1) is 0 Å². The number of ether oxygens (including phenoxy) is 1. The minimum Gasteiger partial charge on any atom is -0.444 e. The van der Waals surface area contributed by atoms with Gasteiger partial charge in [-0.25, -0.2) is 9.18 Å². The molecule has 0 saturated heterocycles. The molecule has 208 valence electrons. The van der Waals surface area contributed by atoms with Crippen LogP contribution in [0.4, 0.5) is 28.0 Å². The Kier molecular flexibility index (Phi) is 7.22. The van der Waals surface area contributed by atoms with Gasteiger partial charge in [0.05, 0.1) is 24.3 Å². The molecule has 1 N–H and O–H groups in total. The Morgan fingerprint density at radius 1 is 1.03 bits per heavy atom. The topological polar surface area (TPSA) is 76.5 Å². The number of anilines is 1. The van der Waals surface area contributed by atoms with Crippen molar-refractivity contribution in [3.8, 4) is 0 Å². The van der Waals surface area contributed by atoms with E-state index in [1.807, 2.05) is 13.8 Å². The second-order valence-corrected chi connectivity index (χ2v) is 11.2. The van der Waals surface area contributed by atoms with Gasteiger partial charge in [0.2, 0.25) is 0 Å². The molecule has 2 amide bonds. The standard InChI is InChI=1S/C28H30F4N4O3/c1-26(2,3)39-25(38)35-15-21-22(24(37)33-20-12-10-19(29)11-13-20)34-36(23(21)27(4,5)16-35)14-17-6-8-18(9-7-17)28(30,31)32/h6-13H,14-16H2,1-5H3,(H,33,37). The molecule has 1 aliphatic heterocycles. The van der Waals surface area contributed by atoms with Crippen LogP contribution in [-0.2, 0) is 29.4 Å². The molecule has 1 aromatic heterocycles. The number of amides is 2. The van der Waals surface area contributed by atoms with Crippen LogP contribution in [0.25, 0.3) is 0 Å². The number of benzene rings is 2. The number of hydrogen-bond acceptors (Lipinski definition) is 4. The van der Waals surface area contributed by atoms with E-state index in [0.29, 0.717) is 22.5 Å². The number of carbonyl (C=O) groups is 2. The number of fused-ring (bicyclic) bond motifs is 1. The minimum absolute atomic E-state index is 0.0485. The predicted molar refractivity (Wildman–Crippen MR) is 137 cm³/mol. The van der Waals surface area contributed by atoms with Crippen molar-refractivity contribution in [1.82, 2.24) is 14.7 Å². The zero-order valence-electron chi connectivity index (χ0n) is 22.3. The van der Waals surface area contributed by atoms with E-state index in [1.165, 1.54) is 41.3 Å². The van der Waals surface area contributed by atoms with Crippen molar-refractivity contribution in [2.75, 3.05) is 11.9 Å². The molecule has 0 fully saturated rings. The SMILES string of the molecule is CC(C)(C)OC(=O)N1Cc2c(C(=O)Nc3ccc(F)cc3)nn(Cc3ccc(C(F)(F)F)cc3)c2C(C)(C)C1. The average molecular weight is 547 g/mol. The van der Waals surface area contributed by atoms with Gasteiger partial charge in [0.25, 0.3) is 5.91 Å². The molecular weight excluding hydrogens is 516 g/mol. The summed E-state index contributed by atoms with van der Waals surface area (Å²) in [7, 11) is 0. The quantitative estimate of drug-likeness (QED) is 0.386. The monoisotopic (exact) mass is 546 g/mol. The van der Waals surface area contributed by atoms with Gasteiger partial charge in [0.1, 0.15) is 11.4 Å². The van der Waals surface area contributed by atoms with Crippen LogP contribution in [0.5, 0.6) is 0 Å². The molecule has 4 rings (SSSR count).